The summed E-state index contributed by atoms with van der Waals surface area (Å²) >= 11 is 0. The van der Waals surface area contributed by atoms with Gasteiger partial charge in [-0.15, -0.1) is 0 Å². The maximum absolute atomic E-state index is 11.7. The van der Waals surface area contributed by atoms with Crippen molar-refractivity contribution in [2.75, 3.05) is 12.8 Å². The number of aromatic amines is 1. The van der Waals surface area contributed by atoms with Crippen LogP contribution in [0.2, 0.25) is 0 Å². The van der Waals surface area contributed by atoms with Gasteiger partial charge < -0.3 is 10.5 Å². The molecular formula is C13H15N3O2. The van der Waals surface area contributed by atoms with Crippen molar-refractivity contribution in [1.29, 1.82) is 0 Å². The third-order valence-electron chi connectivity index (χ3n) is 2.85. The maximum atomic E-state index is 11.7. The molecule has 2 aromatic rings. The summed E-state index contributed by atoms with van der Waals surface area (Å²) in [7, 11) is 1.33. The number of nitrogens with one attached hydrogen (secondary N) is 1. The van der Waals surface area contributed by atoms with E-state index in [4.69, 9.17) is 10.5 Å². The van der Waals surface area contributed by atoms with Crippen molar-refractivity contribution in [2.45, 2.75) is 13.8 Å². The van der Waals surface area contributed by atoms with Gasteiger partial charge in [0.15, 0.2) is 11.5 Å². The van der Waals surface area contributed by atoms with Crippen LogP contribution in [0, 0.1) is 13.8 Å². The molecule has 1 aromatic heterocycles. The van der Waals surface area contributed by atoms with Crippen molar-refractivity contribution >= 4 is 11.8 Å². The molecule has 0 unspecified atom stereocenters. The van der Waals surface area contributed by atoms with Crippen LogP contribution in [0.4, 0.5) is 5.82 Å². The number of hydrogen-bond donors (Lipinski definition) is 2. The summed E-state index contributed by atoms with van der Waals surface area (Å²) in [4.78, 5) is 11.7. The minimum atomic E-state index is -0.477. The summed E-state index contributed by atoms with van der Waals surface area (Å²) in [6, 6.07) is 5.97. The number of ether oxygens (including phenoxy) is 1. The number of methoxy groups -OCH3 is 1. The maximum Gasteiger partial charge on any atom is 0.356 e. The van der Waals surface area contributed by atoms with E-state index in [9.17, 15) is 4.79 Å². The highest BCUT2D eigenvalue weighted by molar-refractivity contribution is 5.98. The second-order valence-corrected chi connectivity index (χ2v) is 4.17. The lowest BCUT2D eigenvalue weighted by Gasteiger charge is -2.08. The fraction of sp³-hybridized carbons (Fsp3) is 0.231. The van der Waals surface area contributed by atoms with Crippen LogP contribution in [0.5, 0.6) is 0 Å². The Hall–Kier alpha value is -2.30. The molecule has 5 nitrogen and oxygen atoms in total. The van der Waals surface area contributed by atoms with Gasteiger partial charge in [-0.25, -0.2) is 4.79 Å². The van der Waals surface area contributed by atoms with Crippen molar-refractivity contribution in [1.82, 2.24) is 10.2 Å². The van der Waals surface area contributed by atoms with Crippen molar-refractivity contribution in [3.63, 3.8) is 0 Å². The molecule has 0 aliphatic rings. The van der Waals surface area contributed by atoms with E-state index in [0.29, 0.717) is 11.4 Å². The number of hydrogen-bond acceptors (Lipinski definition) is 4. The number of nitrogen functional groups attached to an aromatic ring is 1. The highest BCUT2D eigenvalue weighted by Crippen LogP contribution is 2.31. The van der Waals surface area contributed by atoms with Gasteiger partial charge in [-0.3, -0.25) is 5.10 Å². The monoisotopic (exact) mass is 245 g/mol. The lowest BCUT2D eigenvalue weighted by molar-refractivity contribution is 0.0595. The summed E-state index contributed by atoms with van der Waals surface area (Å²) in [6.07, 6.45) is 0. The fourth-order valence-electron chi connectivity index (χ4n) is 1.88. The van der Waals surface area contributed by atoms with Crippen LogP contribution in [0.25, 0.3) is 11.1 Å². The van der Waals surface area contributed by atoms with Crippen LogP contribution in [0.1, 0.15) is 21.6 Å². The van der Waals surface area contributed by atoms with Crippen LogP contribution < -0.4 is 5.73 Å². The molecule has 18 heavy (non-hydrogen) atoms. The predicted molar refractivity (Wildman–Crippen MR) is 69.2 cm³/mol. The van der Waals surface area contributed by atoms with Gasteiger partial charge in [0, 0.05) is 0 Å². The Bertz CT molecular complexity index is 602. The van der Waals surface area contributed by atoms with Crippen LogP contribution in [-0.4, -0.2) is 23.3 Å². The predicted octanol–water partition coefficient (Wildman–Crippen LogP) is 2.06. The molecule has 5 heteroatoms. The largest absolute Gasteiger partial charge is 0.464 e. The number of anilines is 1. The SMILES string of the molecule is COC(=O)c1[nH]nc(N)c1-c1cc(C)ccc1C. The summed E-state index contributed by atoms with van der Waals surface area (Å²) in [5, 5.41) is 6.51. The van der Waals surface area contributed by atoms with Gasteiger partial charge in [-0.05, 0) is 25.0 Å². The third-order valence-corrected chi connectivity index (χ3v) is 2.85. The standard InChI is InChI=1S/C13H15N3O2/c1-7-4-5-8(2)9(6-7)10-11(13(17)18-3)15-16-12(10)14/h4-6H,1-3H3,(H3,14,15,16). The van der Waals surface area contributed by atoms with E-state index >= 15 is 0 Å². The molecule has 1 heterocycles. The lowest BCUT2D eigenvalue weighted by atomic mass is 9.98. The topological polar surface area (TPSA) is 81.0 Å². The van der Waals surface area contributed by atoms with Crippen molar-refractivity contribution < 1.29 is 9.53 Å². The molecule has 0 aliphatic heterocycles. The molecule has 94 valence electrons. The fourth-order valence-corrected chi connectivity index (χ4v) is 1.88. The first-order valence-electron chi connectivity index (χ1n) is 5.54. The number of carbonyl (C=O) groups excluding carboxylic acids is 1. The summed E-state index contributed by atoms with van der Waals surface area (Å²) in [5.41, 5.74) is 9.72. The van der Waals surface area contributed by atoms with E-state index in [1.165, 1.54) is 7.11 Å². The van der Waals surface area contributed by atoms with Gasteiger partial charge in [0.2, 0.25) is 0 Å². The molecule has 0 atom stereocenters. The molecule has 3 N–H and O–H groups in total. The van der Waals surface area contributed by atoms with E-state index in [1.54, 1.807) is 0 Å². The highest BCUT2D eigenvalue weighted by atomic mass is 16.5. The van der Waals surface area contributed by atoms with Gasteiger partial charge in [0.1, 0.15) is 0 Å². The van der Waals surface area contributed by atoms with Crippen LogP contribution in [-0.2, 0) is 4.74 Å². The Balaban J connectivity index is 2.66. The normalized spacial score (nSPS) is 10.4. The Labute approximate surface area is 105 Å². The number of aryl methyl sites for hydroxylation is 2. The second-order valence-electron chi connectivity index (χ2n) is 4.17. The number of rotatable bonds is 2. The molecular weight excluding hydrogens is 230 g/mol. The van der Waals surface area contributed by atoms with E-state index < -0.39 is 5.97 Å². The number of H-pyrrole nitrogens is 1. The molecule has 0 fully saturated rings. The number of carbonyl (C=O) groups is 1. The second kappa shape index (κ2) is 4.52. The first kappa shape index (κ1) is 12.2. The number of nitrogens with zero attached hydrogens (tertiary/aromatic N) is 1. The molecule has 1 aromatic carbocycles. The zero-order chi connectivity index (χ0) is 13.3. The molecule has 0 aliphatic carbocycles. The molecule has 0 saturated heterocycles. The molecule has 0 saturated carbocycles. The molecule has 0 bridgehead atoms. The Morgan fingerprint density at radius 1 is 1.39 bits per heavy atom. The number of benzene rings is 1. The Morgan fingerprint density at radius 3 is 2.78 bits per heavy atom. The van der Waals surface area contributed by atoms with Crippen LogP contribution in [0.15, 0.2) is 18.2 Å². The third kappa shape index (κ3) is 1.95. The quantitative estimate of drug-likeness (QED) is 0.793. The Kier molecular flexibility index (Phi) is 3.06. The molecule has 0 radical (unpaired) electrons. The molecule has 0 spiro atoms. The first-order valence-corrected chi connectivity index (χ1v) is 5.54. The minimum Gasteiger partial charge on any atom is -0.464 e. The van der Waals surface area contributed by atoms with Crippen molar-refractivity contribution in [3.05, 3.63) is 35.0 Å². The smallest absolute Gasteiger partial charge is 0.356 e. The van der Waals surface area contributed by atoms with E-state index in [1.807, 2.05) is 32.0 Å². The molecule has 2 rings (SSSR count). The zero-order valence-electron chi connectivity index (χ0n) is 10.6. The number of esters is 1. The highest BCUT2D eigenvalue weighted by Gasteiger charge is 2.20. The number of aromatic nitrogens is 2. The minimum absolute atomic E-state index is 0.281. The van der Waals surface area contributed by atoms with Gasteiger partial charge in [-0.2, -0.15) is 5.10 Å². The first-order chi connectivity index (χ1) is 8.54. The molecule has 0 amide bonds. The van der Waals surface area contributed by atoms with Crippen LogP contribution >= 0.6 is 0 Å². The van der Waals surface area contributed by atoms with Gasteiger partial charge >= 0.3 is 5.97 Å². The van der Waals surface area contributed by atoms with Gasteiger partial charge in [0.05, 0.1) is 12.7 Å². The average molecular weight is 245 g/mol. The zero-order valence-corrected chi connectivity index (χ0v) is 10.6. The number of nitrogens with two attached hydrogens (primary N) is 1. The summed E-state index contributed by atoms with van der Waals surface area (Å²) < 4.78 is 4.72. The Morgan fingerprint density at radius 2 is 2.11 bits per heavy atom. The van der Waals surface area contributed by atoms with Crippen LogP contribution in [0.3, 0.4) is 0 Å². The van der Waals surface area contributed by atoms with Gasteiger partial charge in [0.25, 0.3) is 0 Å². The summed E-state index contributed by atoms with van der Waals surface area (Å²) in [6.45, 7) is 3.94. The lowest BCUT2D eigenvalue weighted by Crippen LogP contribution is -2.04. The average Bonchev–Trinajstić information content (AvgIpc) is 2.73. The van der Waals surface area contributed by atoms with E-state index in [2.05, 4.69) is 10.2 Å². The van der Waals surface area contributed by atoms with E-state index in [-0.39, 0.29) is 5.69 Å². The van der Waals surface area contributed by atoms with Crippen molar-refractivity contribution in [3.8, 4) is 11.1 Å². The van der Waals surface area contributed by atoms with E-state index in [0.717, 1.165) is 16.7 Å². The summed E-state index contributed by atoms with van der Waals surface area (Å²) in [5.74, 6) is -0.181. The van der Waals surface area contributed by atoms with Crippen molar-refractivity contribution in [2.24, 2.45) is 0 Å². The van der Waals surface area contributed by atoms with Gasteiger partial charge in [-0.1, -0.05) is 23.8 Å².